The number of hydrogen-bond donors (Lipinski definition) is 0. The van der Waals surface area contributed by atoms with Gasteiger partial charge in [0, 0.05) is 32.6 Å². The fourth-order valence-corrected chi connectivity index (χ4v) is 3.89. The summed E-state index contributed by atoms with van der Waals surface area (Å²) in [6.07, 6.45) is 0. The Balaban J connectivity index is 1.49. The second-order valence-corrected chi connectivity index (χ2v) is 7.69. The molecule has 1 saturated heterocycles. The fourth-order valence-electron chi connectivity index (χ4n) is 3.89. The van der Waals surface area contributed by atoms with Crippen molar-refractivity contribution in [3.63, 3.8) is 0 Å². The maximum atomic E-state index is 6.16. The number of para-hydroxylation sites is 2. The van der Waals surface area contributed by atoms with Crippen LogP contribution in [-0.4, -0.2) is 66.3 Å². The molecule has 6 heteroatoms. The molecule has 0 aliphatic carbocycles. The van der Waals surface area contributed by atoms with Crippen molar-refractivity contribution < 1.29 is 9.15 Å². The highest BCUT2D eigenvalue weighted by atomic mass is 16.5. The van der Waals surface area contributed by atoms with Gasteiger partial charge in [-0.1, -0.05) is 12.1 Å². The van der Waals surface area contributed by atoms with Crippen LogP contribution in [0.3, 0.4) is 0 Å². The third kappa shape index (κ3) is 4.08. The number of hydrogen-bond acceptors (Lipinski definition) is 5. The molecule has 1 fully saturated rings. The number of benzene rings is 1. The molecule has 0 unspecified atom stereocenters. The minimum Gasteiger partial charge on any atom is -0.456 e. The van der Waals surface area contributed by atoms with E-state index in [-0.39, 0.29) is 0 Å². The molecule has 4 rings (SSSR count). The van der Waals surface area contributed by atoms with E-state index in [2.05, 4.69) is 40.6 Å². The highest BCUT2D eigenvalue weighted by Crippen LogP contribution is 2.26. The predicted molar refractivity (Wildman–Crippen MR) is 107 cm³/mol. The van der Waals surface area contributed by atoms with Crippen LogP contribution in [0.15, 0.2) is 40.8 Å². The fraction of sp³-hybridized carbons (Fsp3) is 0.476. The molecule has 0 N–H and O–H groups in total. The molecule has 1 aromatic carbocycles. The second-order valence-electron chi connectivity index (χ2n) is 7.69. The van der Waals surface area contributed by atoms with Crippen molar-refractivity contribution in [3.05, 3.63) is 42.2 Å². The van der Waals surface area contributed by atoms with Crippen LogP contribution >= 0.6 is 0 Å². The summed E-state index contributed by atoms with van der Waals surface area (Å²) in [7, 11) is 6.26. The smallest absolute Gasteiger partial charge is 0.176 e. The van der Waals surface area contributed by atoms with Crippen LogP contribution in [0.5, 0.6) is 0 Å². The van der Waals surface area contributed by atoms with Crippen LogP contribution < -0.4 is 0 Å². The summed E-state index contributed by atoms with van der Waals surface area (Å²) < 4.78 is 14.0. The lowest BCUT2D eigenvalue weighted by Gasteiger charge is -2.24. The molecule has 0 amide bonds. The maximum absolute atomic E-state index is 6.16. The summed E-state index contributed by atoms with van der Waals surface area (Å²) in [4.78, 5) is 9.39. The highest BCUT2D eigenvalue weighted by Gasteiger charge is 2.21. The molecule has 27 heavy (non-hydrogen) atoms. The number of nitrogens with zero attached hydrogens (tertiary/aromatic N) is 4. The number of imidazole rings is 1. The van der Waals surface area contributed by atoms with Gasteiger partial charge >= 0.3 is 0 Å². The Morgan fingerprint density at radius 2 is 2.04 bits per heavy atom. The molecule has 3 heterocycles. The van der Waals surface area contributed by atoms with E-state index in [9.17, 15) is 0 Å². The largest absolute Gasteiger partial charge is 0.456 e. The number of ether oxygens (including phenoxy) is 1. The Hall–Kier alpha value is -2.15. The molecule has 1 aliphatic heterocycles. The van der Waals surface area contributed by atoms with Gasteiger partial charge in [0.1, 0.15) is 5.76 Å². The van der Waals surface area contributed by atoms with Crippen molar-refractivity contribution >= 4 is 11.0 Å². The number of rotatable bonds is 5. The zero-order valence-electron chi connectivity index (χ0n) is 16.4. The van der Waals surface area contributed by atoms with E-state index in [1.807, 2.05) is 31.3 Å². The lowest BCUT2D eigenvalue weighted by atomic mass is 10.1. The molecule has 0 bridgehead atoms. The van der Waals surface area contributed by atoms with Gasteiger partial charge in [-0.05, 0) is 38.4 Å². The Labute approximate surface area is 160 Å². The first-order valence-corrected chi connectivity index (χ1v) is 9.55. The van der Waals surface area contributed by atoms with E-state index < -0.39 is 0 Å². The molecule has 1 aliphatic rings. The van der Waals surface area contributed by atoms with Crippen LogP contribution in [0.4, 0.5) is 0 Å². The summed E-state index contributed by atoms with van der Waals surface area (Å²) in [5.41, 5.74) is 2.10. The quantitative estimate of drug-likeness (QED) is 0.693. The minimum atomic E-state index is 0.525. The van der Waals surface area contributed by atoms with Gasteiger partial charge in [-0.25, -0.2) is 4.98 Å². The first-order chi connectivity index (χ1) is 13.1. The van der Waals surface area contributed by atoms with Crippen LogP contribution in [0.25, 0.3) is 22.6 Å². The van der Waals surface area contributed by atoms with Gasteiger partial charge in [-0.2, -0.15) is 0 Å². The van der Waals surface area contributed by atoms with Gasteiger partial charge in [0.25, 0.3) is 0 Å². The topological polar surface area (TPSA) is 46.7 Å². The van der Waals surface area contributed by atoms with Crippen molar-refractivity contribution in [3.8, 4) is 11.6 Å². The van der Waals surface area contributed by atoms with Gasteiger partial charge < -0.3 is 18.6 Å². The van der Waals surface area contributed by atoms with Crippen LogP contribution in [-0.2, 0) is 18.3 Å². The number of fused-ring (bicyclic) bond motifs is 1. The molecule has 0 radical (unpaired) electrons. The average molecular weight is 368 g/mol. The summed E-state index contributed by atoms with van der Waals surface area (Å²) >= 11 is 0. The Kier molecular flexibility index (Phi) is 5.29. The zero-order valence-corrected chi connectivity index (χ0v) is 16.4. The number of furan rings is 1. The minimum absolute atomic E-state index is 0.525. The third-order valence-corrected chi connectivity index (χ3v) is 5.09. The molecular formula is C21H28N4O2. The predicted octanol–water partition coefficient (Wildman–Crippen LogP) is 2.84. The zero-order chi connectivity index (χ0) is 18.8. The molecule has 2 aromatic heterocycles. The molecule has 6 nitrogen and oxygen atoms in total. The van der Waals surface area contributed by atoms with Gasteiger partial charge in [0.15, 0.2) is 11.6 Å². The van der Waals surface area contributed by atoms with E-state index in [1.54, 1.807) is 0 Å². The van der Waals surface area contributed by atoms with Crippen LogP contribution in [0.2, 0.25) is 0 Å². The van der Waals surface area contributed by atoms with E-state index in [0.29, 0.717) is 5.92 Å². The summed E-state index contributed by atoms with van der Waals surface area (Å²) in [6.45, 7) is 5.42. The van der Waals surface area contributed by atoms with Crippen LogP contribution in [0.1, 0.15) is 5.76 Å². The SMILES string of the molecule is CN(C)C[C@H]1COCCN(Cc2ccc(-c3nc4ccccc4n3C)o2)C1. The van der Waals surface area contributed by atoms with Gasteiger partial charge in [-0.3, -0.25) is 4.90 Å². The van der Waals surface area contributed by atoms with E-state index in [4.69, 9.17) is 14.1 Å². The lowest BCUT2D eigenvalue weighted by Crippen LogP contribution is -2.34. The van der Waals surface area contributed by atoms with Crippen molar-refractivity contribution in [1.29, 1.82) is 0 Å². The molecular weight excluding hydrogens is 340 g/mol. The van der Waals surface area contributed by atoms with E-state index in [1.165, 1.54) is 0 Å². The second kappa shape index (κ2) is 7.84. The van der Waals surface area contributed by atoms with Crippen molar-refractivity contribution in [2.45, 2.75) is 6.54 Å². The molecule has 0 saturated carbocycles. The van der Waals surface area contributed by atoms with Gasteiger partial charge in [-0.15, -0.1) is 0 Å². The van der Waals surface area contributed by atoms with Gasteiger partial charge in [0.2, 0.25) is 0 Å². The monoisotopic (exact) mass is 368 g/mol. The third-order valence-electron chi connectivity index (χ3n) is 5.09. The van der Waals surface area contributed by atoms with E-state index in [0.717, 1.165) is 67.8 Å². The molecule has 1 atom stereocenters. The molecule has 3 aromatic rings. The Morgan fingerprint density at radius 1 is 1.19 bits per heavy atom. The highest BCUT2D eigenvalue weighted by molar-refractivity contribution is 5.79. The average Bonchev–Trinajstić information content (AvgIpc) is 3.15. The summed E-state index contributed by atoms with van der Waals surface area (Å²) in [5, 5.41) is 0. The van der Waals surface area contributed by atoms with Gasteiger partial charge in [0.05, 0.1) is 30.8 Å². The number of aryl methyl sites for hydroxylation is 1. The molecule has 144 valence electrons. The first kappa shape index (κ1) is 18.2. The van der Waals surface area contributed by atoms with Crippen LogP contribution in [0, 0.1) is 5.92 Å². The van der Waals surface area contributed by atoms with E-state index >= 15 is 0 Å². The maximum Gasteiger partial charge on any atom is 0.176 e. The standard InChI is InChI=1S/C21H28N4O2/c1-23(2)12-16-13-25(10-11-26-15-16)14-17-8-9-20(27-17)21-22-18-6-4-5-7-19(18)24(21)3/h4-9,16H,10-15H2,1-3H3/t16-/m1/s1. The molecule has 0 spiro atoms. The summed E-state index contributed by atoms with van der Waals surface area (Å²) in [6, 6.07) is 12.3. The first-order valence-electron chi connectivity index (χ1n) is 9.55. The normalized spacial score (nSPS) is 19.0. The van der Waals surface area contributed by atoms with Crippen molar-refractivity contribution in [1.82, 2.24) is 19.4 Å². The van der Waals surface area contributed by atoms with Crippen molar-refractivity contribution in [2.24, 2.45) is 13.0 Å². The number of aromatic nitrogens is 2. The summed E-state index contributed by atoms with van der Waals surface area (Å²) in [5.74, 6) is 3.19. The lowest BCUT2D eigenvalue weighted by molar-refractivity contribution is 0.112. The Morgan fingerprint density at radius 3 is 2.85 bits per heavy atom. The Bertz CT molecular complexity index is 899. The van der Waals surface area contributed by atoms with Crippen molar-refractivity contribution in [2.75, 3.05) is 46.9 Å².